The molecule has 0 saturated carbocycles. The first-order valence-corrected chi connectivity index (χ1v) is 6.17. The van der Waals surface area contributed by atoms with Gasteiger partial charge in [0, 0.05) is 0 Å². The molecule has 5 nitrogen and oxygen atoms in total. The third-order valence-corrected chi connectivity index (χ3v) is 2.63. The van der Waals surface area contributed by atoms with Gasteiger partial charge >= 0.3 is 10.4 Å². The van der Waals surface area contributed by atoms with Gasteiger partial charge in [-0.15, -0.1) is 0 Å². The highest BCUT2D eigenvalue weighted by Gasteiger charge is 2.11. The summed E-state index contributed by atoms with van der Waals surface area (Å²) < 4.78 is 33.6. The van der Waals surface area contributed by atoms with Crippen LogP contribution in [0.15, 0.2) is 24.3 Å². The Balaban J connectivity index is 2.43. The van der Waals surface area contributed by atoms with Gasteiger partial charge in [-0.05, 0) is 37.5 Å². The molecule has 1 aromatic carbocycles. The molecule has 0 aliphatic heterocycles. The molecule has 0 aromatic heterocycles. The van der Waals surface area contributed by atoms with Crippen LogP contribution in [0.5, 0.6) is 5.75 Å². The first kappa shape index (κ1) is 13.0. The van der Waals surface area contributed by atoms with E-state index < -0.39 is 16.5 Å². The number of benzene rings is 1. The zero-order chi connectivity index (χ0) is 12.2. The van der Waals surface area contributed by atoms with E-state index in [1.807, 2.05) is 0 Å². The Labute approximate surface area is 94.6 Å². The summed E-state index contributed by atoms with van der Waals surface area (Å²) in [7, 11) is -4.37. The summed E-state index contributed by atoms with van der Waals surface area (Å²) in [6.07, 6.45) is 0.491. The normalized spacial score (nSPS) is 13.6. The SMILES string of the molecule is C[C@H](CCc1ccc(O)cc1)OS(=O)(=O)O. The summed E-state index contributed by atoms with van der Waals surface area (Å²) in [6.45, 7) is 1.56. The van der Waals surface area contributed by atoms with Gasteiger partial charge in [-0.2, -0.15) is 8.42 Å². The number of aryl methyl sites for hydroxylation is 1. The van der Waals surface area contributed by atoms with Crippen LogP contribution in [0.25, 0.3) is 0 Å². The second-order valence-electron chi connectivity index (χ2n) is 3.54. The highest BCUT2D eigenvalue weighted by Crippen LogP contribution is 2.13. The lowest BCUT2D eigenvalue weighted by Crippen LogP contribution is -2.15. The maximum Gasteiger partial charge on any atom is 0.397 e. The van der Waals surface area contributed by atoms with E-state index in [1.165, 1.54) is 0 Å². The lowest BCUT2D eigenvalue weighted by molar-refractivity contribution is 0.189. The summed E-state index contributed by atoms with van der Waals surface area (Å²) in [6, 6.07) is 6.61. The van der Waals surface area contributed by atoms with Gasteiger partial charge in [-0.1, -0.05) is 12.1 Å². The second-order valence-corrected chi connectivity index (χ2v) is 4.59. The summed E-state index contributed by atoms with van der Waals surface area (Å²) in [5.74, 6) is 0.186. The van der Waals surface area contributed by atoms with Crippen LogP contribution in [-0.4, -0.2) is 24.2 Å². The number of phenolic OH excluding ortho intramolecular Hbond substituents is 1. The Hall–Kier alpha value is -1.11. The number of aromatic hydroxyl groups is 1. The smallest absolute Gasteiger partial charge is 0.397 e. The van der Waals surface area contributed by atoms with Gasteiger partial charge in [0.05, 0.1) is 6.10 Å². The van der Waals surface area contributed by atoms with Gasteiger partial charge in [0.25, 0.3) is 0 Å². The van der Waals surface area contributed by atoms with E-state index in [2.05, 4.69) is 4.18 Å². The summed E-state index contributed by atoms with van der Waals surface area (Å²) in [5.41, 5.74) is 0.962. The largest absolute Gasteiger partial charge is 0.508 e. The van der Waals surface area contributed by atoms with Crippen molar-refractivity contribution >= 4 is 10.4 Å². The molecule has 0 bridgehead atoms. The van der Waals surface area contributed by atoms with Crippen LogP contribution in [0.2, 0.25) is 0 Å². The molecule has 6 heteroatoms. The van der Waals surface area contributed by atoms with E-state index >= 15 is 0 Å². The highest BCUT2D eigenvalue weighted by molar-refractivity contribution is 7.80. The molecular formula is C10H14O5S. The molecule has 1 atom stereocenters. The van der Waals surface area contributed by atoms with Gasteiger partial charge in [-0.25, -0.2) is 4.18 Å². The standard InChI is InChI=1S/C10H14O5S/c1-8(15-16(12,13)14)2-3-9-4-6-10(11)7-5-9/h4-8,11H,2-3H2,1H3,(H,12,13,14)/t8-/m1/s1. The third kappa shape index (κ3) is 5.11. The summed E-state index contributed by atoms with van der Waals surface area (Å²) in [4.78, 5) is 0. The quantitative estimate of drug-likeness (QED) is 0.770. The zero-order valence-electron chi connectivity index (χ0n) is 8.83. The van der Waals surface area contributed by atoms with Gasteiger partial charge < -0.3 is 5.11 Å². The molecule has 0 amide bonds. The first-order chi connectivity index (χ1) is 7.37. The third-order valence-electron chi connectivity index (χ3n) is 2.06. The molecule has 1 rings (SSSR count). The van der Waals surface area contributed by atoms with Gasteiger partial charge in [0.1, 0.15) is 5.75 Å². The number of hydrogen-bond donors (Lipinski definition) is 2. The topological polar surface area (TPSA) is 83.8 Å². The monoisotopic (exact) mass is 246 g/mol. The first-order valence-electron chi connectivity index (χ1n) is 4.80. The van der Waals surface area contributed by atoms with Crippen LogP contribution in [0.1, 0.15) is 18.9 Å². The fraction of sp³-hybridized carbons (Fsp3) is 0.400. The van der Waals surface area contributed by atoms with E-state index in [0.29, 0.717) is 12.8 Å². The molecule has 2 N–H and O–H groups in total. The van der Waals surface area contributed by atoms with Gasteiger partial charge in [-0.3, -0.25) is 4.55 Å². The molecule has 0 saturated heterocycles. The highest BCUT2D eigenvalue weighted by atomic mass is 32.3. The van der Waals surface area contributed by atoms with Gasteiger partial charge in [0.15, 0.2) is 0 Å². The molecule has 1 aromatic rings. The molecular weight excluding hydrogens is 232 g/mol. The van der Waals surface area contributed by atoms with E-state index in [1.54, 1.807) is 31.2 Å². The van der Waals surface area contributed by atoms with Gasteiger partial charge in [0.2, 0.25) is 0 Å². The fourth-order valence-electron chi connectivity index (χ4n) is 1.29. The number of rotatable bonds is 5. The lowest BCUT2D eigenvalue weighted by atomic mass is 10.1. The Morgan fingerprint density at radius 3 is 2.38 bits per heavy atom. The molecule has 0 fully saturated rings. The minimum Gasteiger partial charge on any atom is -0.508 e. The van der Waals surface area contributed by atoms with Crippen LogP contribution in [0.3, 0.4) is 0 Å². The van der Waals surface area contributed by atoms with Crippen molar-refractivity contribution in [3.63, 3.8) is 0 Å². The fourth-order valence-corrected chi connectivity index (χ4v) is 1.80. The summed E-state index contributed by atoms with van der Waals surface area (Å²) in [5, 5.41) is 9.05. The predicted molar refractivity (Wildman–Crippen MR) is 58.5 cm³/mol. The van der Waals surface area contributed by atoms with Crippen LogP contribution >= 0.6 is 0 Å². The Kier molecular flexibility index (Phi) is 4.28. The van der Waals surface area contributed by atoms with Crippen molar-refractivity contribution in [2.75, 3.05) is 0 Å². The minimum absolute atomic E-state index is 0.186. The minimum atomic E-state index is -4.37. The summed E-state index contributed by atoms with van der Waals surface area (Å²) >= 11 is 0. The average molecular weight is 246 g/mol. The maximum atomic E-state index is 10.4. The Bertz CT molecular complexity index is 423. The molecule has 0 aliphatic carbocycles. The number of hydrogen-bond acceptors (Lipinski definition) is 4. The lowest BCUT2D eigenvalue weighted by Gasteiger charge is -2.09. The molecule has 0 radical (unpaired) electrons. The maximum absolute atomic E-state index is 10.4. The van der Waals surface area contributed by atoms with Crippen LogP contribution in [-0.2, 0) is 21.0 Å². The van der Waals surface area contributed by atoms with E-state index in [0.717, 1.165) is 5.56 Å². The molecule has 16 heavy (non-hydrogen) atoms. The predicted octanol–water partition coefficient (Wildman–Crippen LogP) is 1.53. The van der Waals surface area contributed by atoms with Crippen molar-refractivity contribution in [2.24, 2.45) is 0 Å². The van der Waals surface area contributed by atoms with Crippen LogP contribution in [0.4, 0.5) is 0 Å². The Morgan fingerprint density at radius 2 is 1.88 bits per heavy atom. The van der Waals surface area contributed by atoms with Crippen molar-refractivity contribution in [3.8, 4) is 5.75 Å². The van der Waals surface area contributed by atoms with Crippen molar-refractivity contribution in [1.82, 2.24) is 0 Å². The van der Waals surface area contributed by atoms with E-state index in [9.17, 15) is 8.42 Å². The molecule has 0 aliphatic rings. The number of phenols is 1. The molecule has 0 heterocycles. The average Bonchev–Trinajstić information content (AvgIpc) is 2.14. The van der Waals surface area contributed by atoms with Crippen molar-refractivity contribution < 1.29 is 22.3 Å². The second kappa shape index (κ2) is 5.29. The van der Waals surface area contributed by atoms with Crippen LogP contribution < -0.4 is 0 Å². The van der Waals surface area contributed by atoms with Crippen molar-refractivity contribution in [1.29, 1.82) is 0 Å². The molecule has 0 spiro atoms. The van der Waals surface area contributed by atoms with Crippen molar-refractivity contribution in [3.05, 3.63) is 29.8 Å². The van der Waals surface area contributed by atoms with Crippen molar-refractivity contribution in [2.45, 2.75) is 25.9 Å². The zero-order valence-corrected chi connectivity index (χ0v) is 9.64. The van der Waals surface area contributed by atoms with E-state index in [4.69, 9.17) is 9.66 Å². The molecule has 90 valence electrons. The Morgan fingerprint density at radius 1 is 1.31 bits per heavy atom. The van der Waals surface area contributed by atoms with E-state index in [-0.39, 0.29) is 5.75 Å². The molecule has 0 unspecified atom stereocenters. The van der Waals surface area contributed by atoms with Crippen LogP contribution in [0, 0.1) is 0 Å².